The van der Waals surface area contributed by atoms with Gasteiger partial charge in [0.1, 0.15) is 11.6 Å². The second-order valence-corrected chi connectivity index (χ2v) is 6.38. The predicted molar refractivity (Wildman–Crippen MR) is 79.7 cm³/mol. The van der Waals surface area contributed by atoms with Crippen LogP contribution in [0.15, 0.2) is 41.3 Å². The van der Waals surface area contributed by atoms with Crippen LogP contribution in [0.2, 0.25) is 0 Å². The van der Waals surface area contributed by atoms with Crippen molar-refractivity contribution in [2.45, 2.75) is 18.7 Å². The highest BCUT2D eigenvalue weighted by Gasteiger charge is 2.16. The van der Waals surface area contributed by atoms with Crippen LogP contribution in [-0.2, 0) is 10.0 Å². The summed E-state index contributed by atoms with van der Waals surface area (Å²) in [7, 11) is -2.20. The van der Waals surface area contributed by atoms with E-state index < -0.39 is 15.8 Å². The second kappa shape index (κ2) is 5.73. The van der Waals surface area contributed by atoms with Gasteiger partial charge in [-0.05, 0) is 61.4 Å². The number of halogens is 1. The Labute approximate surface area is 123 Å². The highest BCUT2D eigenvalue weighted by atomic mass is 32.2. The van der Waals surface area contributed by atoms with E-state index in [1.807, 2.05) is 6.92 Å². The van der Waals surface area contributed by atoms with Crippen molar-refractivity contribution in [2.24, 2.45) is 0 Å². The van der Waals surface area contributed by atoms with E-state index in [1.165, 1.54) is 19.1 Å². The first-order valence-electron chi connectivity index (χ1n) is 6.27. The summed E-state index contributed by atoms with van der Waals surface area (Å²) in [5, 5.41) is 0. The molecule has 2 rings (SSSR count). The molecule has 0 aliphatic heterocycles. The number of nitrogens with one attached hydrogen (secondary N) is 1. The molecule has 6 heteroatoms. The Bertz CT molecular complexity index is 772. The molecule has 0 amide bonds. The summed E-state index contributed by atoms with van der Waals surface area (Å²) >= 11 is 0. The first-order chi connectivity index (χ1) is 9.83. The molecule has 0 heterocycles. The van der Waals surface area contributed by atoms with Gasteiger partial charge in [-0.25, -0.2) is 12.8 Å². The van der Waals surface area contributed by atoms with Crippen LogP contribution in [-0.4, -0.2) is 15.5 Å². The standard InChI is InChI=1S/C15H16FNO3S/c1-10-9-13(5-6-14(10)16)21(18,19)17-12-4-7-15(20-3)11(2)8-12/h4-9,17H,1-3H3. The number of rotatable bonds is 4. The lowest BCUT2D eigenvalue weighted by atomic mass is 10.2. The van der Waals surface area contributed by atoms with E-state index in [-0.39, 0.29) is 10.5 Å². The molecule has 2 aromatic carbocycles. The van der Waals surface area contributed by atoms with Crippen molar-refractivity contribution in [3.63, 3.8) is 0 Å². The third-order valence-electron chi connectivity index (χ3n) is 3.09. The first kappa shape index (κ1) is 15.3. The van der Waals surface area contributed by atoms with Gasteiger partial charge in [-0.1, -0.05) is 0 Å². The van der Waals surface area contributed by atoms with Crippen molar-refractivity contribution in [3.8, 4) is 5.75 Å². The second-order valence-electron chi connectivity index (χ2n) is 4.70. The molecule has 0 saturated heterocycles. The highest BCUT2D eigenvalue weighted by Crippen LogP contribution is 2.24. The fourth-order valence-electron chi connectivity index (χ4n) is 1.94. The van der Waals surface area contributed by atoms with Crippen molar-refractivity contribution in [1.82, 2.24) is 0 Å². The minimum absolute atomic E-state index is 0.0230. The van der Waals surface area contributed by atoms with Gasteiger partial charge in [0.25, 0.3) is 10.0 Å². The topological polar surface area (TPSA) is 55.4 Å². The van der Waals surface area contributed by atoms with Crippen LogP contribution < -0.4 is 9.46 Å². The average molecular weight is 309 g/mol. The molecular formula is C15H16FNO3S. The number of sulfonamides is 1. The highest BCUT2D eigenvalue weighted by molar-refractivity contribution is 7.92. The zero-order valence-corrected chi connectivity index (χ0v) is 12.8. The lowest BCUT2D eigenvalue weighted by Crippen LogP contribution is -2.13. The molecule has 0 aromatic heterocycles. The predicted octanol–water partition coefficient (Wildman–Crippen LogP) is 3.25. The Hall–Kier alpha value is -2.08. The van der Waals surface area contributed by atoms with Gasteiger partial charge in [0.05, 0.1) is 12.0 Å². The Morgan fingerprint density at radius 2 is 1.76 bits per heavy atom. The summed E-state index contributed by atoms with van der Waals surface area (Å²) in [4.78, 5) is 0.0230. The molecular weight excluding hydrogens is 293 g/mol. The van der Waals surface area contributed by atoms with E-state index in [1.54, 1.807) is 25.3 Å². The molecule has 1 N–H and O–H groups in total. The summed E-state index contributed by atoms with van der Waals surface area (Å²) in [6.45, 7) is 3.34. The number of hydrogen-bond acceptors (Lipinski definition) is 3. The van der Waals surface area contributed by atoms with E-state index in [2.05, 4.69) is 4.72 Å². The van der Waals surface area contributed by atoms with Gasteiger partial charge >= 0.3 is 0 Å². The molecule has 0 saturated carbocycles. The largest absolute Gasteiger partial charge is 0.496 e. The normalized spacial score (nSPS) is 11.2. The van der Waals surface area contributed by atoms with Crippen LogP contribution >= 0.6 is 0 Å². The summed E-state index contributed by atoms with van der Waals surface area (Å²) in [5.74, 6) is 0.241. The summed E-state index contributed by atoms with van der Waals surface area (Å²) in [6.07, 6.45) is 0. The molecule has 0 aliphatic carbocycles. The summed E-state index contributed by atoms with van der Waals surface area (Å²) < 4.78 is 45.3. The maximum Gasteiger partial charge on any atom is 0.261 e. The maximum absolute atomic E-state index is 13.2. The number of anilines is 1. The van der Waals surface area contributed by atoms with Gasteiger partial charge in [-0.3, -0.25) is 4.72 Å². The van der Waals surface area contributed by atoms with E-state index in [4.69, 9.17) is 4.74 Å². The molecule has 0 radical (unpaired) electrons. The minimum Gasteiger partial charge on any atom is -0.496 e. The number of ether oxygens (including phenoxy) is 1. The first-order valence-corrected chi connectivity index (χ1v) is 7.75. The SMILES string of the molecule is COc1ccc(NS(=O)(=O)c2ccc(F)c(C)c2)cc1C. The van der Waals surface area contributed by atoms with Crippen molar-refractivity contribution < 1.29 is 17.5 Å². The van der Waals surface area contributed by atoms with Crippen molar-refractivity contribution in [3.05, 3.63) is 53.3 Å². The van der Waals surface area contributed by atoms with Gasteiger partial charge in [0.2, 0.25) is 0 Å². The smallest absolute Gasteiger partial charge is 0.261 e. The number of methoxy groups -OCH3 is 1. The minimum atomic E-state index is -3.75. The molecule has 21 heavy (non-hydrogen) atoms. The lowest BCUT2D eigenvalue weighted by molar-refractivity contribution is 0.412. The van der Waals surface area contributed by atoms with Crippen LogP contribution in [0, 0.1) is 19.7 Å². The van der Waals surface area contributed by atoms with Crippen molar-refractivity contribution >= 4 is 15.7 Å². The molecule has 0 bridgehead atoms. The molecule has 0 spiro atoms. The molecule has 0 atom stereocenters. The summed E-state index contributed by atoms with van der Waals surface area (Å²) in [5.41, 5.74) is 1.52. The quantitative estimate of drug-likeness (QED) is 0.943. The van der Waals surface area contributed by atoms with Crippen LogP contribution in [0.25, 0.3) is 0 Å². The number of hydrogen-bond donors (Lipinski definition) is 1. The molecule has 0 unspecified atom stereocenters. The number of benzene rings is 2. The fourth-order valence-corrected chi connectivity index (χ4v) is 3.07. The molecule has 0 aliphatic rings. The molecule has 2 aromatic rings. The molecule has 0 fully saturated rings. The van der Waals surface area contributed by atoms with Gasteiger partial charge in [0, 0.05) is 5.69 Å². The van der Waals surface area contributed by atoms with Gasteiger partial charge < -0.3 is 4.74 Å². The molecule has 4 nitrogen and oxygen atoms in total. The zero-order valence-electron chi connectivity index (χ0n) is 12.0. The van der Waals surface area contributed by atoms with Crippen molar-refractivity contribution in [2.75, 3.05) is 11.8 Å². The van der Waals surface area contributed by atoms with Gasteiger partial charge in [0.15, 0.2) is 0 Å². The zero-order chi connectivity index (χ0) is 15.6. The Morgan fingerprint density at radius 1 is 1.05 bits per heavy atom. The van der Waals surface area contributed by atoms with Crippen LogP contribution in [0.5, 0.6) is 5.75 Å². The van der Waals surface area contributed by atoms with E-state index in [0.29, 0.717) is 11.4 Å². The van der Waals surface area contributed by atoms with Crippen LogP contribution in [0.3, 0.4) is 0 Å². The van der Waals surface area contributed by atoms with Crippen LogP contribution in [0.1, 0.15) is 11.1 Å². The Balaban J connectivity index is 2.32. The third kappa shape index (κ3) is 3.33. The molecule has 112 valence electrons. The van der Waals surface area contributed by atoms with Crippen LogP contribution in [0.4, 0.5) is 10.1 Å². The van der Waals surface area contributed by atoms with E-state index >= 15 is 0 Å². The van der Waals surface area contributed by atoms with E-state index in [0.717, 1.165) is 11.6 Å². The third-order valence-corrected chi connectivity index (χ3v) is 4.47. The van der Waals surface area contributed by atoms with E-state index in [9.17, 15) is 12.8 Å². The van der Waals surface area contributed by atoms with Gasteiger partial charge in [-0.2, -0.15) is 0 Å². The van der Waals surface area contributed by atoms with Gasteiger partial charge in [-0.15, -0.1) is 0 Å². The van der Waals surface area contributed by atoms with Crippen molar-refractivity contribution in [1.29, 1.82) is 0 Å². The fraction of sp³-hybridized carbons (Fsp3) is 0.200. The maximum atomic E-state index is 13.2. The average Bonchev–Trinajstić information content (AvgIpc) is 2.41. The lowest BCUT2D eigenvalue weighted by Gasteiger charge is -2.11. The Morgan fingerprint density at radius 3 is 2.33 bits per heavy atom. The monoisotopic (exact) mass is 309 g/mol. The Kier molecular flexibility index (Phi) is 4.18. The summed E-state index contributed by atoms with van der Waals surface area (Å²) in [6, 6.07) is 8.65. The number of aryl methyl sites for hydroxylation is 2.